The van der Waals surface area contributed by atoms with Crippen LogP contribution in [0.25, 0.3) is 22.5 Å². The van der Waals surface area contributed by atoms with Gasteiger partial charge in [-0.3, -0.25) is 0 Å². The molecule has 0 aliphatic rings. The highest BCUT2D eigenvalue weighted by atomic mass is 14.9. The average molecular weight is 421 g/mol. The zero-order valence-electron chi connectivity index (χ0n) is 19.5. The molecular formula is C30H32N2. The van der Waals surface area contributed by atoms with Gasteiger partial charge in [0.05, 0.1) is 11.4 Å². The van der Waals surface area contributed by atoms with Crippen molar-refractivity contribution in [1.29, 1.82) is 0 Å². The summed E-state index contributed by atoms with van der Waals surface area (Å²) < 4.78 is 0. The number of nitrogens with zero attached hydrogens (tertiary/aromatic N) is 1. The van der Waals surface area contributed by atoms with E-state index in [1.165, 1.54) is 27.9 Å². The molecule has 2 nitrogen and oxygen atoms in total. The Morgan fingerprint density at radius 1 is 0.625 bits per heavy atom. The van der Waals surface area contributed by atoms with Crippen LogP contribution in [0.15, 0.2) is 91.0 Å². The molecule has 1 heterocycles. The van der Waals surface area contributed by atoms with Gasteiger partial charge in [0, 0.05) is 23.4 Å². The van der Waals surface area contributed by atoms with Crippen LogP contribution in [0.5, 0.6) is 0 Å². The van der Waals surface area contributed by atoms with Crippen LogP contribution >= 0.6 is 0 Å². The first-order valence-corrected chi connectivity index (χ1v) is 11.5. The minimum atomic E-state index is 0.468. The van der Waals surface area contributed by atoms with E-state index in [0.717, 1.165) is 23.5 Å². The molecule has 32 heavy (non-hydrogen) atoms. The maximum Gasteiger partial charge on any atom is 0.0712 e. The summed E-state index contributed by atoms with van der Waals surface area (Å²) in [5.74, 6) is 0.936. The Kier molecular flexibility index (Phi) is 6.70. The summed E-state index contributed by atoms with van der Waals surface area (Å²) >= 11 is 0. The largest absolute Gasteiger partial charge is 0.380 e. The predicted octanol–water partition coefficient (Wildman–Crippen LogP) is 8.27. The summed E-state index contributed by atoms with van der Waals surface area (Å²) in [6, 6.07) is 31.9. The van der Waals surface area contributed by atoms with Crippen LogP contribution in [-0.4, -0.2) is 4.98 Å². The quantitative estimate of drug-likeness (QED) is 0.325. The minimum absolute atomic E-state index is 0.468. The van der Waals surface area contributed by atoms with Gasteiger partial charge in [0.15, 0.2) is 0 Å². The van der Waals surface area contributed by atoms with E-state index in [1.807, 2.05) is 6.07 Å². The van der Waals surface area contributed by atoms with Crippen LogP contribution in [0.4, 0.5) is 5.69 Å². The molecule has 162 valence electrons. The van der Waals surface area contributed by atoms with E-state index in [4.69, 9.17) is 4.98 Å². The summed E-state index contributed by atoms with van der Waals surface area (Å²) in [4.78, 5) is 4.99. The second-order valence-corrected chi connectivity index (χ2v) is 8.91. The number of pyridine rings is 1. The van der Waals surface area contributed by atoms with Crippen molar-refractivity contribution in [3.05, 3.63) is 108 Å². The molecule has 0 saturated heterocycles. The smallest absolute Gasteiger partial charge is 0.0712 e. The van der Waals surface area contributed by atoms with Crippen molar-refractivity contribution in [3.8, 4) is 22.5 Å². The van der Waals surface area contributed by atoms with Gasteiger partial charge in [0.1, 0.15) is 0 Å². The molecule has 0 atom stereocenters. The summed E-state index contributed by atoms with van der Waals surface area (Å²) in [7, 11) is 0. The molecule has 4 rings (SSSR count). The van der Waals surface area contributed by atoms with E-state index in [1.54, 1.807) is 0 Å². The molecule has 0 amide bonds. The second kappa shape index (κ2) is 9.82. The van der Waals surface area contributed by atoms with Crippen LogP contribution in [0.3, 0.4) is 0 Å². The van der Waals surface area contributed by atoms with Gasteiger partial charge in [-0.2, -0.15) is 0 Å². The number of anilines is 1. The average Bonchev–Trinajstić information content (AvgIpc) is 2.83. The highest BCUT2D eigenvalue weighted by Gasteiger charge is 2.14. The van der Waals surface area contributed by atoms with Crippen molar-refractivity contribution in [2.45, 2.75) is 46.1 Å². The molecule has 0 spiro atoms. The number of aromatic nitrogens is 1. The number of hydrogen-bond donors (Lipinski definition) is 1. The number of hydrogen-bond acceptors (Lipinski definition) is 2. The number of benzene rings is 3. The Balaban J connectivity index is 1.67. The molecule has 4 aromatic rings. The van der Waals surface area contributed by atoms with E-state index < -0.39 is 0 Å². The molecule has 0 aliphatic carbocycles. The van der Waals surface area contributed by atoms with Gasteiger partial charge in [-0.25, -0.2) is 4.98 Å². The van der Waals surface area contributed by atoms with Gasteiger partial charge < -0.3 is 5.32 Å². The first-order chi connectivity index (χ1) is 15.5. The van der Waals surface area contributed by atoms with Crippen molar-refractivity contribution in [1.82, 2.24) is 4.98 Å². The van der Waals surface area contributed by atoms with E-state index in [2.05, 4.69) is 118 Å². The molecule has 0 saturated carbocycles. The fourth-order valence-electron chi connectivity index (χ4n) is 4.22. The SMILES string of the molecule is CC(C)c1cccc(C(C)C)c1NCc1ccccc1-c1cccc(-c2ccccc2)n1. The topological polar surface area (TPSA) is 24.9 Å². The Morgan fingerprint density at radius 2 is 1.22 bits per heavy atom. The molecule has 3 aromatic carbocycles. The third-order valence-corrected chi connectivity index (χ3v) is 5.94. The Hall–Kier alpha value is -3.39. The maximum absolute atomic E-state index is 4.99. The summed E-state index contributed by atoms with van der Waals surface area (Å²) in [6.07, 6.45) is 0. The van der Waals surface area contributed by atoms with E-state index in [0.29, 0.717) is 11.8 Å². The zero-order valence-corrected chi connectivity index (χ0v) is 19.5. The van der Waals surface area contributed by atoms with Gasteiger partial charge in [0.2, 0.25) is 0 Å². The fraction of sp³-hybridized carbons (Fsp3) is 0.233. The van der Waals surface area contributed by atoms with Gasteiger partial charge in [0.25, 0.3) is 0 Å². The zero-order chi connectivity index (χ0) is 22.5. The van der Waals surface area contributed by atoms with Crippen LogP contribution in [-0.2, 0) is 6.54 Å². The summed E-state index contributed by atoms with van der Waals surface area (Å²) in [5, 5.41) is 3.79. The molecule has 0 aliphatic heterocycles. The number of para-hydroxylation sites is 1. The van der Waals surface area contributed by atoms with Crippen LogP contribution < -0.4 is 5.32 Å². The lowest BCUT2D eigenvalue weighted by Crippen LogP contribution is -2.08. The Morgan fingerprint density at radius 3 is 1.91 bits per heavy atom. The minimum Gasteiger partial charge on any atom is -0.380 e. The van der Waals surface area contributed by atoms with E-state index >= 15 is 0 Å². The van der Waals surface area contributed by atoms with Crippen LogP contribution in [0.2, 0.25) is 0 Å². The Bertz CT molecular complexity index is 1150. The Labute approximate surface area is 192 Å². The van der Waals surface area contributed by atoms with E-state index in [-0.39, 0.29) is 0 Å². The van der Waals surface area contributed by atoms with Crippen LogP contribution in [0, 0.1) is 0 Å². The van der Waals surface area contributed by atoms with Crippen molar-refractivity contribution >= 4 is 5.69 Å². The molecule has 1 aromatic heterocycles. The van der Waals surface area contributed by atoms with Crippen LogP contribution in [0.1, 0.15) is 56.2 Å². The highest BCUT2D eigenvalue weighted by Crippen LogP contribution is 2.33. The third kappa shape index (κ3) is 4.75. The van der Waals surface area contributed by atoms with Gasteiger partial charge in [-0.1, -0.05) is 107 Å². The lowest BCUT2D eigenvalue weighted by atomic mass is 9.92. The van der Waals surface area contributed by atoms with Crippen molar-refractivity contribution < 1.29 is 0 Å². The summed E-state index contributed by atoms with van der Waals surface area (Å²) in [5.41, 5.74) is 9.58. The third-order valence-electron chi connectivity index (χ3n) is 5.94. The molecule has 0 unspecified atom stereocenters. The van der Waals surface area contributed by atoms with Crippen molar-refractivity contribution in [3.63, 3.8) is 0 Å². The molecular weight excluding hydrogens is 388 g/mol. The molecule has 0 fully saturated rings. The fourth-order valence-corrected chi connectivity index (χ4v) is 4.22. The summed E-state index contributed by atoms with van der Waals surface area (Å²) in [6.45, 7) is 9.81. The standard InChI is InChI=1S/C30H32N2/c1-21(2)25-16-10-17-26(22(3)4)30(25)31-20-24-14-8-9-15-27(24)29-19-11-18-28(32-29)23-12-6-5-7-13-23/h5-19,21-22,31H,20H2,1-4H3. The lowest BCUT2D eigenvalue weighted by Gasteiger charge is -2.21. The normalized spacial score (nSPS) is 11.2. The molecule has 1 N–H and O–H groups in total. The van der Waals surface area contributed by atoms with Crippen molar-refractivity contribution in [2.75, 3.05) is 5.32 Å². The predicted molar refractivity (Wildman–Crippen MR) is 137 cm³/mol. The first kappa shape index (κ1) is 21.8. The van der Waals surface area contributed by atoms with Crippen molar-refractivity contribution in [2.24, 2.45) is 0 Å². The molecule has 0 bridgehead atoms. The second-order valence-electron chi connectivity index (χ2n) is 8.91. The van der Waals surface area contributed by atoms with Gasteiger partial charge in [-0.15, -0.1) is 0 Å². The maximum atomic E-state index is 4.99. The van der Waals surface area contributed by atoms with Gasteiger partial charge >= 0.3 is 0 Å². The highest BCUT2D eigenvalue weighted by molar-refractivity contribution is 5.69. The number of rotatable bonds is 7. The van der Waals surface area contributed by atoms with Gasteiger partial charge in [-0.05, 0) is 40.7 Å². The molecule has 2 heteroatoms. The molecule has 0 radical (unpaired) electrons. The first-order valence-electron chi connectivity index (χ1n) is 11.5. The monoisotopic (exact) mass is 420 g/mol. The lowest BCUT2D eigenvalue weighted by molar-refractivity contribution is 0.833. The van der Waals surface area contributed by atoms with E-state index in [9.17, 15) is 0 Å². The number of nitrogens with one attached hydrogen (secondary N) is 1.